The fraction of sp³-hybridized carbons (Fsp3) is 1.00. The van der Waals surface area contributed by atoms with Crippen LogP contribution in [0.15, 0.2) is 0 Å². The zero-order valence-corrected chi connectivity index (χ0v) is 13.6. The maximum atomic E-state index is 11.6. The summed E-state index contributed by atoms with van der Waals surface area (Å²) in [5.74, 6) is 0.687. The van der Waals surface area contributed by atoms with E-state index in [4.69, 9.17) is 0 Å². The number of hydrogen-bond acceptors (Lipinski definition) is 3. The smallest absolute Gasteiger partial charge is 0.150 e. The highest BCUT2D eigenvalue weighted by molar-refractivity contribution is 7.91. The third-order valence-corrected chi connectivity index (χ3v) is 5.15. The van der Waals surface area contributed by atoms with E-state index in [0.29, 0.717) is 17.5 Å². The molecule has 0 fully saturated rings. The fourth-order valence-corrected chi connectivity index (χ4v) is 3.64. The van der Waals surface area contributed by atoms with E-state index in [0.717, 1.165) is 32.2 Å². The monoisotopic (exact) mass is 277 g/mol. The van der Waals surface area contributed by atoms with E-state index in [1.165, 1.54) is 0 Å². The molecule has 0 aromatic carbocycles. The third kappa shape index (κ3) is 8.09. The Balaban J connectivity index is 4.01. The second kappa shape index (κ2) is 8.16. The van der Waals surface area contributed by atoms with Crippen LogP contribution >= 0.6 is 0 Å². The zero-order chi connectivity index (χ0) is 14.2. The van der Waals surface area contributed by atoms with Crippen LogP contribution in [-0.2, 0) is 9.84 Å². The summed E-state index contributed by atoms with van der Waals surface area (Å²) < 4.78 is 23.2. The van der Waals surface area contributed by atoms with Crippen LogP contribution in [0, 0.1) is 5.41 Å². The molecule has 0 amide bonds. The normalized spacial score (nSPS) is 14.7. The quantitative estimate of drug-likeness (QED) is 0.659. The Morgan fingerprint density at radius 1 is 1.06 bits per heavy atom. The number of unbranched alkanes of at least 4 members (excludes halogenated alkanes) is 1. The SMILES string of the molecule is CCCS(=O)(=O)CCCCC(NCC)C(C)(C)C. The van der Waals surface area contributed by atoms with E-state index in [1.54, 1.807) is 0 Å². The molecule has 0 aromatic heterocycles. The molecule has 1 unspecified atom stereocenters. The summed E-state index contributed by atoms with van der Waals surface area (Å²) in [5, 5.41) is 3.50. The maximum Gasteiger partial charge on any atom is 0.150 e. The fourth-order valence-electron chi connectivity index (χ4n) is 2.17. The van der Waals surface area contributed by atoms with Crippen molar-refractivity contribution in [2.75, 3.05) is 18.1 Å². The van der Waals surface area contributed by atoms with Gasteiger partial charge >= 0.3 is 0 Å². The van der Waals surface area contributed by atoms with E-state index in [-0.39, 0.29) is 5.41 Å². The second-order valence-corrected chi connectivity index (χ2v) is 8.43. The summed E-state index contributed by atoms with van der Waals surface area (Å²) in [6, 6.07) is 0.469. The van der Waals surface area contributed by atoms with Gasteiger partial charge in [-0.3, -0.25) is 0 Å². The molecule has 0 aliphatic heterocycles. The van der Waals surface area contributed by atoms with E-state index in [9.17, 15) is 8.42 Å². The van der Waals surface area contributed by atoms with Gasteiger partial charge in [-0.2, -0.15) is 0 Å². The Morgan fingerprint density at radius 2 is 1.67 bits per heavy atom. The summed E-state index contributed by atoms with van der Waals surface area (Å²) in [6.07, 6.45) is 3.56. The summed E-state index contributed by atoms with van der Waals surface area (Å²) in [7, 11) is -2.80. The van der Waals surface area contributed by atoms with E-state index < -0.39 is 9.84 Å². The lowest BCUT2D eigenvalue weighted by molar-refractivity contribution is 0.254. The van der Waals surface area contributed by atoms with Crippen LogP contribution in [-0.4, -0.2) is 32.5 Å². The average molecular weight is 277 g/mol. The van der Waals surface area contributed by atoms with Crippen LogP contribution in [0.25, 0.3) is 0 Å². The third-order valence-electron chi connectivity index (χ3n) is 3.21. The predicted octanol–water partition coefficient (Wildman–Crippen LogP) is 3.01. The van der Waals surface area contributed by atoms with Crippen LogP contribution in [0.1, 0.15) is 60.3 Å². The van der Waals surface area contributed by atoms with Crippen LogP contribution in [0.4, 0.5) is 0 Å². The van der Waals surface area contributed by atoms with Crippen molar-refractivity contribution < 1.29 is 8.42 Å². The lowest BCUT2D eigenvalue weighted by Crippen LogP contribution is -2.40. The van der Waals surface area contributed by atoms with E-state index in [1.807, 2.05) is 6.92 Å². The summed E-state index contributed by atoms with van der Waals surface area (Å²) in [6.45, 7) is 11.7. The molecule has 0 rings (SSSR count). The molecule has 3 nitrogen and oxygen atoms in total. The molecular weight excluding hydrogens is 246 g/mol. The van der Waals surface area contributed by atoms with Gasteiger partial charge in [0.05, 0.1) is 5.75 Å². The van der Waals surface area contributed by atoms with E-state index in [2.05, 4.69) is 33.0 Å². The summed E-state index contributed by atoms with van der Waals surface area (Å²) in [5.41, 5.74) is 0.234. The molecule has 0 heterocycles. The number of nitrogens with one attached hydrogen (secondary N) is 1. The molecule has 0 spiro atoms. The van der Waals surface area contributed by atoms with Gasteiger partial charge in [0.2, 0.25) is 0 Å². The maximum absolute atomic E-state index is 11.6. The molecule has 1 N–H and O–H groups in total. The van der Waals surface area contributed by atoms with Crippen molar-refractivity contribution in [2.24, 2.45) is 5.41 Å². The van der Waals surface area contributed by atoms with Crippen LogP contribution in [0.3, 0.4) is 0 Å². The van der Waals surface area contributed by atoms with Crippen molar-refractivity contribution >= 4 is 9.84 Å². The van der Waals surface area contributed by atoms with Crippen molar-refractivity contribution in [3.63, 3.8) is 0 Å². The van der Waals surface area contributed by atoms with Gasteiger partial charge in [-0.25, -0.2) is 8.42 Å². The van der Waals surface area contributed by atoms with Gasteiger partial charge in [0.15, 0.2) is 0 Å². The first kappa shape index (κ1) is 17.9. The van der Waals surface area contributed by atoms with Gasteiger partial charge in [0.25, 0.3) is 0 Å². The molecule has 0 aromatic rings. The molecule has 18 heavy (non-hydrogen) atoms. The predicted molar refractivity (Wildman–Crippen MR) is 79.7 cm³/mol. The first-order chi connectivity index (χ1) is 8.23. The van der Waals surface area contributed by atoms with Crippen molar-refractivity contribution in [2.45, 2.75) is 66.3 Å². The first-order valence-electron chi connectivity index (χ1n) is 7.16. The molecular formula is C14H31NO2S. The molecule has 0 saturated heterocycles. The molecule has 0 aliphatic rings. The number of hydrogen-bond donors (Lipinski definition) is 1. The highest BCUT2D eigenvalue weighted by Crippen LogP contribution is 2.23. The van der Waals surface area contributed by atoms with Crippen LogP contribution < -0.4 is 5.32 Å². The Morgan fingerprint density at radius 3 is 2.11 bits per heavy atom. The zero-order valence-electron chi connectivity index (χ0n) is 12.8. The van der Waals surface area contributed by atoms with Crippen molar-refractivity contribution in [1.82, 2.24) is 5.32 Å². The Kier molecular flexibility index (Phi) is 8.11. The van der Waals surface area contributed by atoms with E-state index >= 15 is 0 Å². The van der Waals surface area contributed by atoms with Gasteiger partial charge in [-0.1, -0.05) is 41.0 Å². The molecule has 0 saturated carbocycles. The molecule has 0 radical (unpaired) electrons. The Labute approximate surface area is 114 Å². The summed E-state index contributed by atoms with van der Waals surface area (Å²) in [4.78, 5) is 0. The molecule has 1 atom stereocenters. The second-order valence-electron chi connectivity index (χ2n) is 6.12. The minimum atomic E-state index is -2.80. The lowest BCUT2D eigenvalue weighted by atomic mass is 9.84. The van der Waals surface area contributed by atoms with Crippen molar-refractivity contribution in [3.05, 3.63) is 0 Å². The van der Waals surface area contributed by atoms with Crippen molar-refractivity contribution in [3.8, 4) is 0 Å². The first-order valence-corrected chi connectivity index (χ1v) is 8.99. The van der Waals surface area contributed by atoms with Gasteiger partial charge in [0.1, 0.15) is 9.84 Å². The highest BCUT2D eigenvalue weighted by Gasteiger charge is 2.23. The Hall–Kier alpha value is -0.0900. The molecule has 0 bridgehead atoms. The van der Waals surface area contributed by atoms with Crippen molar-refractivity contribution in [1.29, 1.82) is 0 Å². The highest BCUT2D eigenvalue weighted by atomic mass is 32.2. The Bertz CT molecular complexity index is 304. The van der Waals surface area contributed by atoms with Gasteiger partial charge in [-0.15, -0.1) is 0 Å². The van der Waals surface area contributed by atoms with Gasteiger partial charge in [-0.05, 0) is 31.2 Å². The topological polar surface area (TPSA) is 46.2 Å². The van der Waals surface area contributed by atoms with Gasteiger partial charge in [0, 0.05) is 11.8 Å². The lowest BCUT2D eigenvalue weighted by Gasteiger charge is -2.31. The number of rotatable bonds is 9. The average Bonchev–Trinajstić information content (AvgIpc) is 2.21. The molecule has 110 valence electrons. The molecule has 4 heteroatoms. The van der Waals surface area contributed by atoms with Gasteiger partial charge < -0.3 is 5.32 Å². The standard InChI is InChI=1S/C14H31NO2S/c1-6-11-18(16,17)12-9-8-10-13(15-7-2)14(3,4)5/h13,15H,6-12H2,1-5H3. The number of sulfone groups is 1. The largest absolute Gasteiger partial charge is 0.314 e. The summed E-state index contributed by atoms with van der Waals surface area (Å²) >= 11 is 0. The molecule has 0 aliphatic carbocycles. The minimum Gasteiger partial charge on any atom is -0.314 e. The van der Waals surface area contributed by atoms with Crippen LogP contribution in [0.2, 0.25) is 0 Å². The van der Waals surface area contributed by atoms with Crippen LogP contribution in [0.5, 0.6) is 0 Å². The minimum absolute atomic E-state index is 0.234.